The molecule has 0 aliphatic heterocycles. The number of rotatable bonds is 2. The van der Waals surface area contributed by atoms with Crippen LogP contribution in [0.1, 0.15) is 11.1 Å². The van der Waals surface area contributed by atoms with Gasteiger partial charge in [-0.15, -0.1) is 0 Å². The van der Waals surface area contributed by atoms with Gasteiger partial charge in [0, 0.05) is 11.4 Å². The summed E-state index contributed by atoms with van der Waals surface area (Å²) in [5.41, 5.74) is 9.58. The van der Waals surface area contributed by atoms with Crippen LogP contribution in [0.2, 0.25) is 5.02 Å². The van der Waals surface area contributed by atoms with Crippen molar-refractivity contribution in [2.75, 3.05) is 16.4 Å². The van der Waals surface area contributed by atoms with E-state index in [-0.39, 0.29) is 6.03 Å². The second-order valence-corrected chi connectivity index (χ2v) is 5.00. The van der Waals surface area contributed by atoms with Gasteiger partial charge in [-0.05, 0) is 49.2 Å². The lowest BCUT2D eigenvalue weighted by molar-refractivity contribution is 0.262. The van der Waals surface area contributed by atoms with Crippen molar-refractivity contribution in [2.24, 2.45) is 0 Å². The van der Waals surface area contributed by atoms with Crippen LogP contribution in [0.25, 0.3) is 0 Å². The first-order valence-corrected chi connectivity index (χ1v) is 6.54. The molecule has 5 heteroatoms. The molecule has 0 bridgehead atoms. The van der Waals surface area contributed by atoms with Crippen LogP contribution in [-0.2, 0) is 0 Å². The molecule has 0 spiro atoms. The largest absolute Gasteiger partial charge is 0.399 e. The minimum atomic E-state index is -0.339. The van der Waals surface area contributed by atoms with E-state index in [4.69, 9.17) is 17.3 Å². The maximum atomic E-state index is 12.0. The molecule has 0 aromatic heterocycles. The fraction of sp³-hybridized carbons (Fsp3) is 0.133. The molecule has 0 atom stereocenters. The quantitative estimate of drug-likeness (QED) is 0.726. The van der Waals surface area contributed by atoms with E-state index in [1.807, 2.05) is 26.0 Å². The Bertz CT molecular complexity index is 632. The second kappa shape index (κ2) is 5.84. The average molecular weight is 290 g/mol. The maximum Gasteiger partial charge on any atom is 0.323 e. The first kappa shape index (κ1) is 14.2. The smallest absolute Gasteiger partial charge is 0.323 e. The van der Waals surface area contributed by atoms with E-state index in [1.54, 1.807) is 24.3 Å². The summed E-state index contributed by atoms with van der Waals surface area (Å²) in [5.74, 6) is 0. The molecule has 0 aliphatic rings. The van der Waals surface area contributed by atoms with E-state index in [0.29, 0.717) is 16.4 Å². The molecule has 0 fully saturated rings. The third kappa shape index (κ3) is 3.22. The zero-order valence-electron chi connectivity index (χ0n) is 11.3. The summed E-state index contributed by atoms with van der Waals surface area (Å²) in [6.45, 7) is 3.79. The number of urea groups is 1. The highest BCUT2D eigenvalue weighted by atomic mass is 35.5. The predicted octanol–water partition coefficient (Wildman–Crippen LogP) is 4.18. The predicted molar refractivity (Wildman–Crippen MR) is 84.4 cm³/mol. The molecule has 0 aliphatic carbocycles. The van der Waals surface area contributed by atoms with Crippen LogP contribution in [-0.4, -0.2) is 6.03 Å². The number of carbonyl (C=O) groups is 1. The number of para-hydroxylation sites is 1. The van der Waals surface area contributed by atoms with Gasteiger partial charge in [-0.2, -0.15) is 0 Å². The Kier molecular flexibility index (Phi) is 4.15. The highest BCUT2D eigenvalue weighted by molar-refractivity contribution is 6.33. The van der Waals surface area contributed by atoms with Gasteiger partial charge in [0.05, 0.1) is 10.7 Å². The van der Waals surface area contributed by atoms with Gasteiger partial charge in [-0.3, -0.25) is 0 Å². The van der Waals surface area contributed by atoms with Gasteiger partial charge in [0.15, 0.2) is 0 Å². The Morgan fingerprint density at radius 3 is 2.30 bits per heavy atom. The summed E-state index contributed by atoms with van der Waals surface area (Å²) in [6.07, 6.45) is 0. The Labute approximate surface area is 122 Å². The lowest BCUT2D eigenvalue weighted by Gasteiger charge is -2.14. The van der Waals surface area contributed by atoms with E-state index in [0.717, 1.165) is 16.8 Å². The fourth-order valence-corrected chi connectivity index (χ4v) is 2.21. The average Bonchev–Trinajstić information content (AvgIpc) is 2.36. The standard InChI is InChI=1S/C15H16ClN3O/c1-9-7-11(17)8-10(2)14(9)19-15(20)18-13-6-4-3-5-12(13)16/h3-8H,17H2,1-2H3,(H2,18,19,20). The summed E-state index contributed by atoms with van der Waals surface area (Å²) in [4.78, 5) is 12.0. The number of hydrogen-bond acceptors (Lipinski definition) is 2. The van der Waals surface area contributed by atoms with E-state index >= 15 is 0 Å². The van der Waals surface area contributed by atoms with Crippen LogP contribution in [0.5, 0.6) is 0 Å². The molecule has 4 N–H and O–H groups in total. The van der Waals surface area contributed by atoms with Gasteiger partial charge in [-0.1, -0.05) is 23.7 Å². The van der Waals surface area contributed by atoms with Crippen molar-refractivity contribution < 1.29 is 4.79 Å². The van der Waals surface area contributed by atoms with Crippen LogP contribution >= 0.6 is 11.6 Å². The number of aryl methyl sites for hydroxylation is 2. The monoisotopic (exact) mass is 289 g/mol. The van der Waals surface area contributed by atoms with E-state index < -0.39 is 0 Å². The highest BCUT2D eigenvalue weighted by Gasteiger charge is 2.09. The SMILES string of the molecule is Cc1cc(N)cc(C)c1NC(=O)Nc1ccccc1Cl. The van der Waals surface area contributed by atoms with E-state index in [1.165, 1.54) is 0 Å². The minimum absolute atomic E-state index is 0.339. The van der Waals surface area contributed by atoms with Crippen LogP contribution in [0.15, 0.2) is 36.4 Å². The van der Waals surface area contributed by atoms with Gasteiger partial charge >= 0.3 is 6.03 Å². The van der Waals surface area contributed by atoms with Crippen LogP contribution in [0.3, 0.4) is 0 Å². The number of amides is 2. The number of carbonyl (C=O) groups excluding carboxylic acids is 1. The van der Waals surface area contributed by atoms with Crippen molar-refractivity contribution in [3.63, 3.8) is 0 Å². The summed E-state index contributed by atoms with van der Waals surface area (Å²) in [6, 6.07) is 10.4. The Balaban J connectivity index is 2.15. The third-order valence-electron chi connectivity index (χ3n) is 2.92. The lowest BCUT2D eigenvalue weighted by Crippen LogP contribution is -2.20. The molecule has 4 nitrogen and oxygen atoms in total. The van der Waals surface area contributed by atoms with Gasteiger partial charge in [0.2, 0.25) is 0 Å². The van der Waals surface area contributed by atoms with Crippen molar-refractivity contribution in [1.82, 2.24) is 0 Å². The van der Waals surface area contributed by atoms with E-state index in [2.05, 4.69) is 10.6 Å². The minimum Gasteiger partial charge on any atom is -0.399 e. The number of anilines is 3. The van der Waals surface area contributed by atoms with Crippen LogP contribution < -0.4 is 16.4 Å². The number of nitrogens with one attached hydrogen (secondary N) is 2. The molecular weight excluding hydrogens is 274 g/mol. The number of benzene rings is 2. The molecule has 20 heavy (non-hydrogen) atoms. The summed E-state index contributed by atoms with van der Waals surface area (Å²) in [7, 11) is 0. The van der Waals surface area contributed by atoms with Crippen molar-refractivity contribution >= 4 is 34.7 Å². The Morgan fingerprint density at radius 2 is 1.70 bits per heavy atom. The first-order chi connectivity index (χ1) is 9.47. The Hall–Kier alpha value is -2.20. The lowest BCUT2D eigenvalue weighted by atomic mass is 10.1. The number of nitrogen functional groups attached to an aromatic ring is 1. The molecular formula is C15H16ClN3O. The molecule has 0 unspecified atom stereocenters. The van der Waals surface area contributed by atoms with Crippen molar-refractivity contribution in [2.45, 2.75) is 13.8 Å². The first-order valence-electron chi connectivity index (χ1n) is 6.16. The van der Waals surface area contributed by atoms with Crippen molar-refractivity contribution in [3.05, 3.63) is 52.5 Å². The molecule has 0 saturated carbocycles. The Morgan fingerprint density at radius 1 is 1.10 bits per heavy atom. The molecule has 104 valence electrons. The topological polar surface area (TPSA) is 67.1 Å². The molecule has 0 saturated heterocycles. The summed E-state index contributed by atoms with van der Waals surface area (Å²) in [5, 5.41) is 6.03. The maximum absolute atomic E-state index is 12.0. The molecule has 2 aromatic rings. The fourth-order valence-electron chi connectivity index (χ4n) is 2.02. The molecule has 2 amide bonds. The third-order valence-corrected chi connectivity index (χ3v) is 3.25. The normalized spacial score (nSPS) is 10.2. The van der Waals surface area contributed by atoms with E-state index in [9.17, 15) is 4.79 Å². The molecule has 0 radical (unpaired) electrons. The van der Waals surface area contributed by atoms with Gasteiger partial charge in [0.25, 0.3) is 0 Å². The van der Waals surface area contributed by atoms with Crippen LogP contribution in [0.4, 0.5) is 21.9 Å². The van der Waals surface area contributed by atoms with Crippen molar-refractivity contribution in [1.29, 1.82) is 0 Å². The number of halogens is 1. The highest BCUT2D eigenvalue weighted by Crippen LogP contribution is 2.24. The number of nitrogens with two attached hydrogens (primary N) is 1. The molecule has 0 heterocycles. The molecule has 2 rings (SSSR count). The molecule has 2 aromatic carbocycles. The van der Waals surface area contributed by atoms with Gasteiger partial charge in [-0.25, -0.2) is 4.79 Å². The zero-order valence-corrected chi connectivity index (χ0v) is 12.1. The van der Waals surface area contributed by atoms with Crippen molar-refractivity contribution in [3.8, 4) is 0 Å². The second-order valence-electron chi connectivity index (χ2n) is 4.59. The zero-order chi connectivity index (χ0) is 14.7. The van der Waals surface area contributed by atoms with Crippen LogP contribution in [0, 0.1) is 13.8 Å². The number of hydrogen-bond donors (Lipinski definition) is 3. The van der Waals surface area contributed by atoms with Gasteiger partial charge in [0.1, 0.15) is 0 Å². The van der Waals surface area contributed by atoms with Gasteiger partial charge < -0.3 is 16.4 Å². The summed E-state index contributed by atoms with van der Waals surface area (Å²) >= 11 is 6.00. The summed E-state index contributed by atoms with van der Waals surface area (Å²) < 4.78 is 0.